The Morgan fingerprint density at radius 1 is 1.64 bits per heavy atom. The minimum Gasteiger partial charge on any atom is -0.478 e. The molecule has 1 aliphatic rings. The van der Waals surface area contributed by atoms with E-state index in [0.717, 1.165) is 11.3 Å². The van der Waals surface area contributed by atoms with Crippen LogP contribution in [0.5, 0.6) is 0 Å². The Balaban J connectivity index is 2.54. The third-order valence-corrected chi connectivity index (χ3v) is 2.33. The maximum absolute atomic E-state index is 10.9. The molecule has 1 N–H and O–H groups in total. The number of aromatic nitrogens is 1. The zero-order valence-corrected chi connectivity index (χ0v) is 7.91. The summed E-state index contributed by atoms with van der Waals surface area (Å²) in [5.74, 6) is -0.913. The molecule has 1 aromatic heterocycles. The van der Waals surface area contributed by atoms with Gasteiger partial charge in [-0.05, 0) is 12.5 Å². The van der Waals surface area contributed by atoms with E-state index in [-0.39, 0.29) is 0 Å². The summed E-state index contributed by atoms with van der Waals surface area (Å²) in [6.07, 6.45) is 0.634. The second-order valence-corrected chi connectivity index (χ2v) is 3.24. The zero-order chi connectivity index (χ0) is 10.1. The predicted molar refractivity (Wildman–Crippen MR) is 49.1 cm³/mol. The predicted octanol–water partition coefficient (Wildman–Crippen LogP) is 1.37. The number of carboxylic acid groups (broad SMARTS) is 1. The van der Waals surface area contributed by atoms with Gasteiger partial charge in [-0.2, -0.15) is 0 Å². The van der Waals surface area contributed by atoms with Crippen molar-refractivity contribution in [3.8, 4) is 0 Å². The van der Waals surface area contributed by atoms with Gasteiger partial charge in [0.2, 0.25) is 0 Å². The normalized spacial score (nSPS) is 14.1. The molecule has 0 atom stereocenters. The summed E-state index contributed by atoms with van der Waals surface area (Å²) < 4.78 is 5.19. The summed E-state index contributed by atoms with van der Waals surface area (Å²) in [6, 6.07) is 1.68. The van der Waals surface area contributed by atoms with Gasteiger partial charge < -0.3 is 9.84 Å². The van der Waals surface area contributed by atoms with E-state index in [1.807, 2.05) is 6.92 Å². The molecule has 0 aliphatic carbocycles. The van der Waals surface area contributed by atoms with Gasteiger partial charge in [0.15, 0.2) is 0 Å². The van der Waals surface area contributed by atoms with Gasteiger partial charge in [-0.25, -0.2) is 4.79 Å². The Morgan fingerprint density at radius 3 is 3.07 bits per heavy atom. The summed E-state index contributed by atoms with van der Waals surface area (Å²) >= 11 is 0. The fourth-order valence-corrected chi connectivity index (χ4v) is 1.60. The summed E-state index contributed by atoms with van der Waals surface area (Å²) in [7, 11) is 0. The second-order valence-electron chi connectivity index (χ2n) is 3.24. The van der Waals surface area contributed by atoms with Crippen LogP contribution in [0.4, 0.5) is 0 Å². The Labute approximate surface area is 81.5 Å². The highest BCUT2D eigenvalue weighted by Gasteiger charge is 2.18. The van der Waals surface area contributed by atoms with Crippen LogP contribution in [0.1, 0.15) is 34.2 Å². The number of rotatable bonds is 2. The maximum Gasteiger partial charge on any atom is 0.337 e. The van der Waals surface area contributed by atoms with Crippen molar-refractivity contribution in [3.05, 3.63) is 28.6 Å². The Hall–Kier alpha value is -1.42. The lowest BCUT2D eigenvalue weighted by atomic mass is 10.1. The van der Waals surface area contributed by atoms with Crippen molar-refractivity contribution in [2.24, 2.45) is 0 Å². The SMILES string of the molecule is CCc1nc2c(cc1C(=O)O)COC2. The van der Waals surface area contributed by atoms with Gasteiger partial charge in [0, 0.05) is 5.56 Å². The number of pyridine rings is 1. The first-order valence-electron chi connectivity index (χ1n) is 4.55. The van der Waals surface area contributed by atoms with Crippen LogP contribution in [0.3, 0.4) is 0 Å². The summed E-state index contributed by atoms with van der Waals surface area (Å²) in [5.41, 5.74) is 2.73. The molecule has 0 bridgehead atoms. The van der Waals surface area contributed by atoms with Crippen LogP contribution in [0.15, 0.2) is 6.07 Å². The van der Waals surface area contributed by atoms with Gasteiger partial charge in [0.1, 0.15) is 0 Å². The third-order valence-electron chi connectivity index (χ3n) is 2.33. The molecular weight excluding hydrogens is 182 g/mol. The molecule has 4 nitrogen and oxygen atoms in total. The number of hydrogen-bond donors (Lipinski definition) is 1. The molecular formula is C10H11NO3. The average molecular weight is 193 g/mol. The van der Waals surface area contributed by atoms with Crippen LogP contribution in [0, 0.1) is 0 Å². The number of nitrogens with zero attached hydrogens (tertiary/aromatic N) is 1. The number of carbonyl (C=O) groups is 1. The summed E-state index contributed by atoms with van der Waals surface area (Å²) in [4.78, 5) is 15.2. The highest BCUT2D eigenvalue weighted by atomic mass is 16.5. The molecule has 0 amide bonds. The number of fused-ring (bicyclic) bond motifs is 1. The van der Waals surface area contributed by atoms with Crippen molar-refractivity contribution >= 4 is 5.97 Å². The van der Waals surface area contributed by atoms with Crippen molar-refractivity contribution in [3.63, 3.8) is 0 Å². The van der Waals surface area contributed by atoms with Gasteiger partial charge in [-0.1, -0.05) is 6.92 Å². The highest BCUT2D eigenvalue weighted by Crippen LogP contribution is 2.21. The first-order valence-corrected chi connectivity index (χ1v) is 4.55. The van der Waals surface area contributed by atoms with Crippen molar-refractivity contribution in [2.75, 3.05) is 0 Å². The smallest absolute Gasteiger partial charge is 0.337 e. The topological polar surface area (TPSA) is 59.4 Å². The molecule has 0 saturated heterocycles. The van der Waals surface area contributed by atoms with Crippen LogP contribution in [-0.4, -0.2) is 16.1 Å². The van der Waals surface area contributed by atoms with Gasteiger partial charge >= 0.3 is 5.97 Å². The molecule has 4 heteroatoms. The Morgan fingerprint density at radius 2 is 2.43 bits per heavy atom. The summed E-state index contributed by atoms with van der Waals surface area (Å²) in [5, 5.41) is 8.95. The number of aryl methyl sites for hydroxylation is 1. The highest BCUT2D eigenvalue weighted by molar-refractivity contribution is 5.89. The van der Waals surface area contributed by atoms with Crippen LogP contribution >= 0.6 is 0 Å². The van der Waals surface area contributed by atoms with Crippen molar-refractivity contribution in [2.45, 2.75) is 26.6 Å². The van der Waals surface area contributed by atoms with Gasteiger partial charge in [0.25, 0.3) is 0 Å². The minimum atomic E-state index is -0.913. The van der Waals surface area contributed by atoms with Gasteiger partial charge in [-0.3, -0.25) is 4.98 Å². The Bertz CT molecular complexity index is 387. The molecule has 1 aromatic rings. The van der Waals surface area contributed by atoms with Gasteiger partial charge in [-0.15, -0.1) is 0 Å². The monoisotopic (exact) mass is 193 g/mol. The number of ether oxygens (including phenoxy) is 1. The first kappa shape index (κ1) is 9.15. The van der Waals surface area contributed by atoms with Crippen molar-refractivity contribution in [1.29, 1.82) is 0 Å². The minimum absolute atomic E-state index is 0.303. The molecule has 1 aliphatic heterocycles. The molecule has 0 fully saturated rings. The largest absolute Gasteiger partial charge is 0.478 e. The van der Waals surface area contributed by atoms with Crippen molar-refractivity contribution < 1.29 is 14.6 Å². The summed E-state index contributed by atoms with van der Waals surface area (Å²) in [6.45, 7) is 2.88. The zero-order valence-electron chi connectivity index (χ0n) is 7.91. The standard InChI is InChI=1S/C10H11NO3/c1-2-8-7(10(12)13)3-6-4-14-5-9(6)11-8/h3H,2,4-5H2,1H3,(H,12,13). The Kier molecular flexibility index (Phi) is 2.21. The quantitative estimate of drug-likeness (QED) is 0.770. The van der Waals surface area contributed by atoms with E-state index in [1.165, 1.54) is 0 Å². The fraction of sp³-hybridized carbons (Fsp3) is 0.400. The van der Waals surface area contributed by atoms with E-state index in [2.05, 4.69) is 4.98 Å². The molecule has 14 heavy (non-hydrogen) atoms. The lowest BCUT2D eigenvalue weighted by molar-refractivity contribution is 0.0695. The molecule has 2 rings (SSSR count). The van der Waals surface area contributed by atoms with E-state index >= 15 is 0 Å². The molecule has 0 spiro atoms. The van der Waals surface area contributed by atoms with Crippen LogP contribution in [0.25, 0.3) is 0 Å². The molecule has 0 unspecified atom stereocenters. The lowest BCUT2D eigenvalue weighted by Gasteiger charge is -2.05. The van der Waals surface area contributed by atoms with Crippen LogP contribution in [0.2, 0.25) is 0 Å². The number of carboxylic acids is 1. The van der Waals surface area contributed by atoms with E-state index in [4.69, 9.17) is 9.84 Å². The fourth-order valence-electron chi connectivity index (χ4n) is 1.60. The lowest BCUT2D eigenvalue weighted by Crippen LogP contribution is -2.06. The van der Waals surface area contributed by atoms with Crippen molar-refractivity contribution in [1.82, 2.24) is 4.98 Å². The van der Waals surface area contributed by atoms with E-state index in [1.54, 1.807) is 6.07 Å². The molecule has 74 valence electrons. The average Bonchev–Trinajstić information content (AvgIpc) is 2.62. The number of aromatic carboxylic acids is 1. The number of hydrogen-bond acceptors (Lipinski definition) is 3. The van der Waals surface area contributed by atoms with E-state index in [9.17, 15) is 4.79 Å². The van der Waals surface area contributed by atoms with Crippen LogP contribution < -0.4 is 0 Å². The van der Waals surface area contributed by atoms with Gasteiger partial charge in [0.05, 0.1) is 30.2 Å². The molecule has 0 aromatic carbocycles. The molecule has 0 saturated carbocycles. The van der Waals surface area contributed by atoms with E-state index in [0.29, 0.717) is 30.9 Å². The third kappa shape index (κ3) is 1.37. The second kappa shape index (κ2) is 3.38. The first-order chi connectivity index (χ1) is 6.72. The van der Waals surface area contributed by atoms with Crippen LogP contribution in [-0.2, 0) is 24.4 Å². The van der Waals surface area contributed by atoms with E-state index < -0.39 is 5.97 Å². The molecule has 2 heterocycles. The maximum atomic E-state index is 10.9. The molecule has 0 radical (unpaired) electrons.